The topological polar surface area (TPSA) is 41.1 Å². The molecule has 0 atom stereocenters. The molecule has 0 bridgehead atoms. The third kappa shape index (κ3) is 5.48. The fourth-order valence-electron chi connectivity index (χ4n) is 4.20. The first-order valence-corrected chi connectivity index (χ1v) is 11.3. The predicted octanol–water partition coefficient (Wildman–Crippen LogP) is 6.32. The highest BCUT2D eigenvalue weighted by atomic mass is 16.2. The Hall–Kier alpha value is -2.13. The fourth-order valence-corrected chi connectivity index (χ4v) is 4.20. The molecule has 1 fully saturated rings. The van der Waals surface area contributed by atoms with Crippen molar-refractivity contribution in [1.82, 2.24) is 10.9 Å². The van der Waals surface area contributed by atoms with Crippen molar-refractivity contribution >= 4 is 22.8 Å². The zero-order chi connectivity index (χ0) is 20.7. The Balaban J connectivity index is 1.76. The lowest BCUT2D eigenvalue weighted by atomic mass is 9.89. The molecule has 29 heavy (non-hydrogen) atoms. The van der Waals surface area contributed by atoms with Crippen LogP contribution in [0.3, 0.4) is 0 Å². The van der Waals surface area contributed by atoms with Crippen LogP contribution in [0.15, 0.2) is 42.0 Å². The minimum Gasteiger partial charge on any atom is -0.287 e. The smallest absolute Gasteiger partial charge is 0.263 e. The average Bonchev–Trinajstić information content (AvgIpc) is 2.97. The van der Waals surface area contributed by atoms with Crippen LogP contribution in [0.2, 0.25) is 0 Å². The Morgan fingerprint density at radius 2 is 1.59 bits per heavy atom. The molecule has 1 amide bonds. The van der Waals surface area contributed by atoms with Gasteiger partial charge >= 0.3 is 0 Å². The van der Waals surface area contributed by atoms with E-state index in [1.54, 1.807) is 0 Å². The number of amides is 1. The fraction of sp³-hybridized carbons (Fsp3) is 0.500. The Bertz CT molecular complexity index is 866. The van der Waals surface area contributed by atoms with Crippen molar-refractivity contribution < 1.29 is 4.79 Å². The number of carbonyl (C=O) groups is 1. The standard InChI is InChI=1S/C26H36N2O/c1-4-5-6-7-8-9-10-11-14-21-18-17-20-15-12-13-16-22(20)23(21)19-24-25(29)27-28-26(24,2)3/h12-13,15-19,28H,4-11,14H2,1-3H3,(H,27,29)/b24-19+. The number of carbonyl (C=O) groups excluding carboxylic acids is 1. The highest BCUT2D eigenvalue weighted by Crippen LogP contribution is 2.30. The summed E-state index contributed by atoms with van der Waals surface area (Å²) in [4.78, 5) is 12.4. The summed E-state index contributed by atoms with van der Waals surface area (Å²) in [5.41, 5.74) is 8.84. The molecule has 2 N–H and O–H groups in total. The third-order valence-electron chi connectivity index (χ3n) is 6.06. The minimum atomic E-state index is -0.371. The molecule has 0 spiro atoms. The molecule has 0 aliphatic carbocycles. The van der Waals surface area contributed by atoms with E-state index in [4.69, 9.17) is 0 Å². The molecule has 3 heteroatoms. The molecule has 2 aromatic carbocycles. The van der Waals surface area contributed by atoms with E-state index in [0.717, 1.165) is 12.0 Å². The normalized spacial score (nSPS) is 17.2. The van der Waals surface area contributed by atoms with Gasteiger partial charge in [-0.15, -0.1) is 0 Å². The van der Waals surface area contributed by atoms with Crippen LogP contribution in [0.1, 0.15) is 83.3 Å². The van der Waals surface area contributed by atoms with Gasteiger partial charge in [0.25, 0.3) is 5.91 Å². The van der Waals surface area contributed by atoms with E-state index in [1.807, 2.05) is 13.8 Å². The maximum Gasteiger partial charge on any atom is 0.263 e. The van der Waals surface area contributed by atoms with E-state index < -0.39 is 0 Å². The number of hydrogen-bond acceptors (Lipinski definition) is 2. The van der Waals surface area contributed by atoms with Gasteiger partial charge in [0.1, 0.15) is 0 Å². The molecule has 0 saturated carbocycles. The molecule has 156 valence electrons. The summed E-state index contributed by atoms with van der Waals surface area (Å²) in [6.45, 7) is 6.35. The molecule has 1 aliphatic rings. The van der Waals surface area contributed by atoms with E-state index in [0.29, 0.717) is 0 Å². The van der Waals surface area contributed by atoms with Gasteiger partial charge in [-0.3, -0.25) is 10.2 Å². The highest BCUT2D eigenvalue weighted by Gasteiger charge is 2.35. The van der Waals surface area contributed by atoms with E-state index >= 15 is 0 Å². The summed E-state index contributed by atoms with van der Waals surface area (Å²) < 4.78 is 0. The Morgan fingerprint density at radius 3 is 2.28 bits per heavy atom. The molecule has 0 aromatic heterocycles. The Labute approximate surface area is 175 Å². The maximum absolute atomic E-state index is 12.4. The van der Waals surface area contributed by atoms with Gasteiger partial charge in [-0.25, -0.2) is 5.43 Å². The third-order valence-corrected chi connectivity index (χ3v) is 6.06. The zero-order valence-corrected chi connectivity index (χ0v) is 18.3. The number of unbranched alkanes of at least 4 members (excludes halogenated alkanes) is 7. The number of nitrogens with one attached hydrogen (secondary N) is 2. The van der Waals surface area contributed by atoms with E-state index in [9.17, 15) is 4.79 Å². The van der Waals surface area contributed by atoms with Crippen molar-refractivity contribution in [3.05, 3.63) is 53.1 Å². The van der Waals surface area contributed by atoms with Crippen LogP contribution in [-0.4, -0.2) is 11.4 Å². The van der Waals surface area contributed by atoms with Gasteiger partial charge in [0, 0.05) is 5.57 Å². The minimum absolute atomic E-state index is 0.0269. The summed E-state index contributed by atoms with van der Waals surface area (Å²) in [6.07, 6.45) is 13.8. The van der Waals surface area contributed by atoms with Crippen LogP contribution in [-0.2, 0) is 11.2 Å². The second kappa shape index (κ2) is 10.1. The van der Waals surface area contributed by atoms with Crippen molar-refractivity contribution in [2.24, 2.45) is 0 Å². The lowest BCUT2D eigenvalue weighted by molar-refractivity contribution is -0.116. The lowest BCUT2D eigenvalue weighted by Crippen LogP contribution is -2.38. The van der Waals surface area contributed by atoms with Crippen LogP contribution in [0, 0.1) is 0 Å². The molecular formula is C26H36N2O. The average molecular weight is 393 g/mol. The molecule has 2 aromatic rings. The first kappa shape index (κ1) is 21.6. The van der Waals surface area contributed by atoms with Gasteiger partial charge in [0.15, 0.2) is 0 Å². The number of benzene rings is 2. The Morgan fingerprint density at radius 1 is 0.897 bits per heavy atom. The van der Waals surface area contributed by atoms with Crippen LogP contribution in [0.4, 0.5) is 0 Å². The number of hydrogen-bond donors (Lipinski definition) is 2. The summed E-state index contributed by atoms with van der Waals surface area (Å²) >= 11 is 0. The molecular weight excluding hydrogens is 356 g/mol. The first-order chi connectivity index (χ1) is 14.0. The van der Waals surface area contributed by atoms with Crippen molar-refractivity contribution in [3.8, 4) is 0 Å². The van der Waals surface area contributed by atoms with Gasteiger partial charge in [-0.05, 0) is 54.7 Å². The van der Waals surface area contributed by atoms with Crippen LogP contribution >= 0.6 is 0 Å². The maximum atomic E-state index is 12.4. The van der Waals surface area contributed by atoms with Crippen molar-refractivity contribution in [1.29, 1.82) is 0 Å². The summed E-state index contributed by atoms with van der Waals surface area (Å²) in [6, 6.07) is 13.0. The van der Waals surface area contributed by atoms with E-state index in [2.05, 4.69) is 60.2 Å². The van der Waals surface area contributed by atoms with E-state index in [1.165, 1.54) is 73.3 Å². The Kier molecular flexibility index (Phi) is 7.49. The van der Waals surface area contributed by atoms with Crippen molar-refractivity contribution in [2.75, 3.05) is 0 Å². The summed E-state index contributed by atoms with van der Waals surface area (Å²) in [5.74, 6) is -0.0269. The molecule has 0 unspecified atom stereocenters. The van der Waals surface area contributed by atoms with Gasteiger partial charge in [0.2, 0.25) is 0 Å². The molecule has 1 saturated heterocycles. The quantitative estimate of drug-likeness (QED) is 0.367. The van der Waals surface area contributed by atoms with Gasteiger partial charge in [-0.1, -0.05) is 88.3 Å². The first-order valence-electron chi connectivity index (χ1n) is 11.3. The summed E-state index contributed by atoms with van der Waals surface area (Å²) in [5, 5.41) is 2.45. The number of fused-ring (bicyclic) bond motifs is 1. The second-order valence-corrected chi connectivity index (χ2v) is 8.85. The number of hydrazine groups is 1. The van der Waals surface area contributed by atoms with Gasteiger partial charge < -0.3 is 0 Å². The van der Waals surface area contributed by atoms with Gasteiger partial charge in [-0.2, -0.15) is 0 Å². The molecule has 1 aliphatic heterocycles. The number of aryl methyl sites for hydroxylation is 1. The monoisotopic (exact) mass is 392 g/mol. The second-order valence-electron chi connectivity index (χ2n) is 8.85. The van der Waals surface area contributed by atoms with Gasteiger partial charge in [0.05, 0.1) is 5.54 Å². The number of rotatable bonds is 10. The largest absolute Gasteiger partial charge is 0.287 e. The molecule has 1 heterocycles. The SMILES string of the molecule is CCCCCCCCCCc1ccc2ccccc2c1/C=C1\C(=O)NNC1(C)C. The lowest BCUT2D eigenvalue weighted by Gasteiger charge is -2.18. The van der Waals surface area contributed by atoms with E-state index in [-0.39, 0.29) is 11.4 Å². The van der Waals surface area contributed by atoms with Crippen LogP contribution in [0.25, 0.3) is 16.8 Å². The molecule has 3 nitrogen and oxygen atoms in total. The summed E-state index contributed by atoms with van der Waals surface area (Å²) in [7, 11) is 0. The zero-order valence-electron chi connectivity index (χ0n) is 18.3. The molecule has 3 rings (SSSR count). The van der Waals surface area contributed by atoms with Crippen molar-refractivity contribution in [3.63, 3.8) is 0 Å². The molecule has 0 radical (unpaired) electrons. The van der Waals surface area contributed by atoms with Crippen LogP contribution in [0.5, 0.6) is 0 Å². The van der Waals surface area contributed by atoms with Crippen LogP contribution < -0.4 is 10.9 Å². The highest BCUT2D eigenvalue weighted by molar-refractivity contribution is 6.04. The van der Waals surface area contributed by atoms with Crippen molar-refractivity contribution in [2.45, 2.75) is 84.1 Å². The predicted molar refractivity (Wildman–Crippen MR) is 124 cm³/mol.